The number of halogens is 1. The lowest BCUT2D eigenvalue weighted by Crippen LogP contribution is -1.82. The Morgan fingerprint density at radius 1 is 1.50 bits per heavy atom. The summed E-state index contributed by atoms with van der Waals surface area (Å²) in [7, 11) is 1.61. The first kappa shape index (κ1) is 9.77. The lowest BCUT2D eigenvalue weighted by Gasteiger charge is -2.00. The first-order chi connectivity index (χ1) is 6.77. The number of methoxy groups -OCH3 is 1. The maximum Gasteiger partial charge on any atom is 0.129 e. The van der Waals surface area contributed by atoms with Crippen LogP contribution in [0.5, 0.6) is 5.75 Å². The number of aliphatic hydroxyl groups is 1. The molecule has 1 aromatic heterocycles. The third kappa shape index (κ3) is 1.38. The van der Waals surface area contributed by atoms with Crippen LogP contribution in [-0.2, 0) is 6.61 Å². The highest BCUT2D eigenvalue weighted by atomic mass is 35.5. The van der Waals surface area contributed by atoms with Gasteiger partial charge in [-0.2, -0.15) is 0 Å². The zero-order chi connectivity index (χ0) is 10.1. The second kappa shape index (κ2) is 3.77. The van der Waals surface area contributed by atoms with Crippen LogP contribution in [0.1, 0.15) is 4.88 Å². The quantitative estimate of drug-likeness (QED) is 0.856. The molecule has 4 heteroatoms. The molecule has 0 aliphatic rings. The van der Waals surface area contributed by atoms with Crippen LogP contribution in [0.25, 0.3) is 10.1 Å². The Hall–Kier alpha value is -0.770. The zero-order valence-electron chi connectivity index (χ0n) is 7.58. The average Bonchev–Trinajstić information content (AvgIpc) is 2.55. The van der Waals surface area contributed by atoms with Crippen LogP contribution in [-0.4, -0.2) is 12.2 Å². The van der Waals surface area contributed by atoms with E-state index in [1.165, 1.54) is 11.3 Å². The highest BCUT2D eigenvalue weighted by Crippen LogP contribution is 2.40. The van der Waals surface area contributed by atoms with Crippen LogP contribution in [0, 0.1) is 0 Å². The van der Waals surface area contributed by atoms with E-state index in [9.17, 15) is 0 Å². The molecular weight excluding hydrogens is 220 g/mol. The number of thiophene rings is 1. The van der Waals surface area contributed by atoms with E-state index >= 15 is 0 Å². The fraction of sp³-hybridized carbons (Fsp3) is 0.200. The molecule has 0 saturated carbocycles. The van der Waals surface area contributed by atoms with Crippen LogP contribution >= 0.6 is 22.9 Å². The van der Waals surface area contributed by atoms with Crippen molar-refractivity contribution in [2.24, 2.45) is 0 Å². The van der Waals surface area contributed by atoms with Gasteiger partial charge in [-0.25, -0.2) is 0 Å². The van der Waals surface area contributed by atoms with E-state index in [1.54, 1.807) is 7.11 Å². The summed E-state index contributed by atoms with van der Waals surface area (Å²) in [4.78, 5) is 0.783. The monoisotopic (exact) mass is 228 g/mol. The molecule has 0 aliphatic heterocycles. The molecule has 1 N–H and O–H groups in total. The second-order valence-electron chi connectivity index (χ2n) is 2.83. The molecule has 0 saturated heterocycles. The van der Waals surface area contributed by atoms with Gasteiger partial charge < -0.3 is 9.84 Å². The molecule has 2 rings (SSSR count). The second-order valence-corrected chi connectivity index (χ2v) is 4.35. The molecule has 2 aromatic rings. The van der Waals surface area contributed by atoms with Gasteiger partial charge in [-0.1, -0.05) is 17.7 Å². The Kier molecular flexibility index (Phi) is 2.63. The average molecular weight is 229 g/mol. The largest absolute Gasteiger partial charge is 0.496 e. The van der Waals surface area contributed by atoms with Gasteiger partial charge in [0.25, 0.3) is 0 Å². The maximum atomic E-state index is 9.07. The van der Waals surface area contributed by atoms with Crippen molar-refractivity contribution in [2.75, 3.05) is 7.11 Å². The van der Waals surface area contributed by atoms with Crippen LogP contribution < -0.4 is 4.74 Å². The van der Waals surface area contributed by atoms with Crippen molar-refractivity contribution >= 4 is 33.0 Å². The number of hydrogen-bond donors (Lipinski definition) is 1. The first-order valence-electron chi connectivity index (χ1n) is 4.12. The molecule has 0 spiro atoms. The van der Waals surface area contributed by atoms with Gasteiger partial charge in [0.2, 0.25) is 0 Å². The van der Waals surface area contributed by atoms with E-state index < -0.39 is 0 Å². The Morgan fingerprint density at radius 2 is 2.29 bits per heavy atom. The van der Waals surface area contributed by atoms with Crippen molar-refractivity contribution in [3.8, 4) is 5.75 Å². The van der Waals surface area contributed by atoms with Gasteiger partial charge >= 0.3 is 0 Å². The topological polar surface area (TPSA) is 29.5 Å². The SMILES string of the molecule is COc1cccc2sc(CO)c(Cl)c12. The summed E-state index contributed by atoms with van der Waals surface area (Å²) in [6, 6.07) is 5.74. The molecule has 0 aliphatic carbocycles. The number of aliphatic hydroxyl groups excluding tert-OH is 1. The van der Waals surface area contributed by atoms with Crippen molar-refractivity contribution in [3.63, 3.8) is 0 Å². The molecule has 1 heterocycles. The molecule has 0 fully saturated rings. The summed E-state index contributed by atoms with van der Waals surface area (Å²) in [6.07, 6.45) is 0. The van der Waals surface area contributed by atoms with E-state index in [2.05, 4.69) is 0 Å². The highest BCUT2D eigenvalue weighted by molar-refractivity contribution is 7.19. The predicted molar refractivity (Wildman–Crippen MR) is 59.3 cm³/mol. The van der Waals surface area contributed by atoms with Crippen molar-refractivity contribution in [2.45, 2.75) is 6.61 Å². The van der Waals surface area contributed by atoms with E-state index in [1.807, 2.05) is 18.2 Å². The fourth-order valence-electron chi connectivity index (χ4n) is 1.40. The lowest BCUT2D eigenvalue weighted by molar-refractivity contribution is 0.285. The van der Waals surface area contributed by atoms with Crippen molar-refractivity contribution in [3.05, 3.63) is 28.1 Å². The van der Waals surface area contributed by atoms with Gasteiger partial charge in [0.1, 0.15) is 5.75 Å². The summed E-state index contributed by atoms with van der Waals surface area (Å²) in [5.41, 5.74) is 0. The van der Waals surface area contributed by atoms with Gasteiger partial charge in [-0.05, 0) is 12.1 Å². The third-order valence-corrected chi connectivity index (χ3v) is 3.72. The minimum atomic E-state index is -0.0265. The van der Waals surface area contributed by atoms with Crippen molar-refractivity contribution in [1.29, 1.82) is 0 Å². The van der Waals surface area contributed by atoms with Crippen molar-refractivity contribution < 1.29 is 9.84 Å². The zero-order valence-corrected chi connectivity index (χ0v) is 9.15. The summed E-state index contributed by atoms with van der Waals surface area (Å²) in [5, 5.41) is 10.6. The molecule has 14 heavy (non-hydrogen) atoms. The number of benzene rings is 1. The fourth-order valence-corrected chi connectivity index (χ4v) is 2.80. The van der Waals surface area contributed by atoms with E-state index in [0.29, 0.717) is 5.02 Å². The molecule has 74 valence electrons. The van der Waals surface area contributed by atoms with E-state index in [4.69, 9.17) is 21.4 Å². The van der Waals surface area contributed by atoms with Crippen LogP contribution in [0.4, 0.5) is 0 Å². The Labute approximate surface area is 90.7 Å². The number of ether oxygens (including phenoxy) is 1. The normalized spacial score (nSPS) is 10.8. The van der Waals surface area contributed by atoms with Crippen molar-refractivity contribution in [1.82, 2.24) is 0 Å². The summed E-state index contributed by atoms with van der Waals surface area (Å²) in [5.74, 6) is 0.753. The van der Waals surface area contributed by atoms with Gasteiger partial charge in [0.05, 0.1) is 24.1 Å². The molecule has 0 radical (unpaired) electrons. The first-order valence-corrected chi connectivity index (χ1v) is 5.32. The van der Waals surface area contributed by atoms with E-state index in [0.717, 1.165) is 20.7 Å². The smallest absolute Gasteiger partial charge is 0.129 e. The molecule has 2 nitrogen and oxygen atoms in total. The molecule has 0 unspecified atom stereocenters. The standard InChI is InChI=1S/C10H9ClO2S/c1-13-6-3-2-4-7-9(6)10(11)8(5-12)14-7/h2-4,12H,5H2,1H3. The minimum absolute atomic E-state index is 0.0265. The number of rotatable bonds is 2. The summed E-state index contributed by atoms with van der Waals surface area (Å²) >= 11 is 7.60. The number of fused-ring (bicyclic) bond motifs is 1. The van der Waals surface area contributed by atoms with Gasteiger partial charge in [-0.15, -0.1) is 11.3 Å². The number of hydrogen-bond acceptors (Lipinski definition) is 3. The molecular formula is C10H9ClO2S. The molecule has 0 atom stereocenters. The Balaban J connectivity index is 2.79. The maximum absolute atomic E-state index is 9.07. The third-order valence-electron chi connectivity index (χ3n) is 2.05. The Bertz CT molecular complexity index is 464. The van der Waals surface area contributed by atoms with Crippen LogP contribution in [0.15, 0.2) is 18.2 Å². The van der Waals surface area contributed by atoms with Gasteiger partial charge in [0.15, 0.2) is 0 Å². The Morgan fingerprint density at radius 3 is 2.93 bits per heavy atom. The highest BCUT2D eigenvalue weighted by Gasteiger charge is 2.12. The molecule has 0 bridgehead atoms. The lowest BCUT2D eigenvalue weighted by atomic mass is 10.2. The molecule has 1 aromatic carbocycles. The summed E-state index contributed by atoms with van der Waals surface area (Å²) < 4.78 is 6.25. The van der Waals surface area contributed by atoms with Crippen LogP contribution in [0.3, 0.4) is 0 Å². The minimum Gasteiger partial charge on any atom is -0.496 e. The molecule has 0 amide bonds. The van der Waals surface area contributed by atoms with Gasteiger partial charge in [0, 0.05) is 9.58 Å². The van der Waals surface area contributed by atoms with Crippen LogP contribution in [0.2, 0.25) is 5.02 Å². The predicted octanol–water partition coefficient (Wildman–Crippen LogP) is 3.06. The van der Waals surface area contributed by atoms with Gasteiger partial charge in [-0.3, -0.25) is 0 Å². The van der Waals surface area contributed by atoms with E-state index in [-0.39, 0.29) is 6.61 Å². The summed E-state index contributed by atoms with van der Waals surface area (Å²) in [6.45, 7) is -0.0265.